The van der Waals surface area contributed by atoms with Gasteiger partial charge in [0.15, 0.2) is 0 Å². The lowest BCUT2D eigenvalue weighted by molar-refractivity contribution is 0.501. The lowest BCUT2D eigenvalue weighted by Crippen LogP contribution is -2.27. The second-order valence-electron chi connectivity index (χ2n) is 5.32. The highest BCUT2D eigenvalue weighted by atomic mass is 79.9. The molecule has 0 fully saturated rings. The van der Waals surface area contributed by atoms with E-state index in [-0.39, 0.29) is 5.82 Å². The highest BCUT2D eigenvalue weighted by molar-refractivity contribution is 9.10. The van der Waals surface area contributed by atoms with Gasteiger partial charge in [-0.3, -0.25) is 0 Å². The van der Waals surface area contributed by atoms with Crippen LogP contribution in [0.1, 0.15) is 24.0 Å². The second kappa shape index (κ2) is 8.30. The monoisotopic (exact) mass is 349 g/mol. The molecule has 0 aromatic heterocycles. The molecule has 0 amide bonds. The minimum atomic E-state index is -0.205. The van der Waals surface area contributed by atoms with Crippen LogP contribution in [-0.4, -0.2) is 13.1 Å². The third-order valence-corrected chi connectivity index (χ3v) is 4.34. The van der Waals surface area contributed by atoms with Crippen molar-refractivity contribution in [3.63, 3.8) is 0 Å². The van der Waals surface area contributed by atoms with E-state index in [4.69, 9.17) is 0 Å². The number of halogens is 2. The van der Waals surface area contributed by atoms with Gasteiger partial charge < -0.3 is 5.32 Å². The smallest absolute Gasteiger partial charge is 0.137 e. The fraction of sp³-hybridized carbons (Fsp3) is 0.333. The van der Waals surface area contributed by atoms with Crippen LogP contribution >= 0.6 is 15.9 Å². The predicted molar refractivity (Wildman–Crippen MR) is 90.0 cm³/mol. The van der Waals surface area contributed by atoms with Gasteiger partial charge in [0.2, 0.25) is 0 Å². The maximum atomic E-state index is 13.2. The molecule has 2 aromatic rings. The Morgan fingerprint density at radius 3 is 2.52 bits per heavy atom. The van der Waals surface area contributed by atoms with E-state index in [9.17, 15) is 4.39 Å². The van der Waals surface area contributed by atoms with Crippen molar-refractivity contribution in [2.24, 2.45) is 0 Å². The summed E-state index contributed by atoms with van der Waals surface area (Å²) in [6, 6.07) is 16.2. The summed E-state index contributed by atoms with van der Waals surface area (Å²) in [7, 11) is 1.99. The van der Waals surface area contributed by atoms with Crippen LogP contribution in [0, 0.1) is 5.82 Å². The fourth-order valence-electron chi connectivity index (χ4n) is 2.50. The molecule has 0 aliphatic heterocycles. The van der Waals surface area contributed by atoms with Gasteiger partial charge in [0, 0.05) is 6.04 Å². The molecule has 112 valence electrons. The molecule has 2 aromatic carbocycles. The van der Waals surface area contributed by atoms with Crippen LogP contribution in [0.4, 0.5) is 4.39 Å². The molecule has 0 saturated carbocycles. The molecular formula is C18H21BrFN. The van der Waals surface area contributed by atoms with E-state index in [1.165, 1.54) is 11.6 Å². The summed E-state index contributed by atoms with van der Waals surface area (Å²) in [6.45, 7) is 0. The maximum absolute atomic E-state index is 13.2. The first-order valence-electron chi connectivity index (χ1n) is 7.34. The number of aryl methyl sites for hydroxylation is 1. The maximum Gasteiger partial charge on any atom is 0.137 e. The van der Waals surface area contributed by atoms with E-state index >= 15 is 0 Å². The Balaban J connectivity index is 1.84. The van der Waals surface area contributed by atoms with Gasteiger partial charge >= 0.3 is 0 Å². The van der Waals surface area contributed by atoms with E-state index in [1.807, 2.05) is 25.2 Å². The van der Waals surface area contributed by atoms with Gasteiger partial charge in [-0.05, 0) is 71.9 Å². The molecule has 0 spiro atoms. The molecule has 21 heavy (non-hydrogen) atoms. The minimum absolute atomic E-state index is 0.205. The van der Waals surface area contributed by atoms with Crippen molar-refractivity contribution in [2.75, 3.05) is 7.05 Å². The predicted octanol–water partition coefficient (Wildman–Crippen LogP) is 4.74. The lowest BCUT2D eigenvalue weighted by atomic mass is 9.99. The molecule has 0 bridgehead atoms. The highest BCUT2D eigenvalue weighted by Gasteiger charge is 2.09. The molecule has 2 rings (SSSR count). The third-order valence-electron chi connectivity index (χ3n) is 3.74. The van der Waals surface area contributed by atoms with Crippen LogP contribution in [0.2, 0.25) is 0 Å². The summed E-state index contributed by atoms with van der Waals surface area (Å²) in [5, 5.41) is 3.36. The van der Waals surface area contributed by atoms with Crippen molar-refractivity contribution >= 4 is 15.9 Å². The number of nitrogens with one attached hydrogen (secondary N) is 1. The summed E-state index contributed by atoms with van der Waals surface area (Å²) in [6.07, 6.45) is 4.29. The summed E-state index contributed by atoms with van der Waals surface area (Å²) < 4.78 is 13.8. The molecular weight excluding hydrogens is 329 g/mol. The Labute approximate surface area is 134 Å². The number of hydrogen-bond acceptors (Lipinski definition) is 1. The average Bonchev–Trinajstić information content (AvgIpc) is 2.51. The normalized spacial score (nSPS) is 12.3. The van der Waals surface area contributed by atoms with Gasteiger partial charge in [-0.25, -0.2) is 4.39 Å². The molecule has 1 unspecified atom stereocenters. The number of likely N-dealkylation sites (N-methyl/N-ethyl adjacent to an activating group) is 1. The van der Waals surface area contributed by atoms with Crippen molar-refractivity contribution in [3.8, 4) is 0 Å². The number of benzene rings is 2. The quantitative estimate of drug-likeness (QED) is 0.760. The van der Waals surface area contributed by atoms with Crippen molar-refractivity contribution in [2.45, 2.75) is 31.7 Å². The molecule has 0 heterocycles. The van der Waals surface area contributed by atoms with Crippen molar-refractivity contribution in [1.82, 2.24) is 5.32 Å². The Kier molecular flexibility index (Phi) is 6.40. The largest absolute Gasteiger partial charge is 0.317 e. The van der Waals surface area contributed by atoms with Gasteiger partial charge in [0.05, 0.1) is 4.47 Å². The molecule has 3 heteroatoms. The number of hydrogen-bond donors (Lipinski definition) is 1. The van der Waals surface area contributed by atoms with Gasteiger partial charge in [-0.1, -0.05) is 36.4 Å². The van der Waals surface area contributed by atoms with Gasteiger partial charge in [-0.2, -0.15) is 0 Å². The SMILES string of the molecule is CNC(CCCc1ccccc1)Cc1ccc(F)c(Br)c1. The van der Waals surface area contributed by atoms with Crippen LogP contribution < -0.4 is 5.32 Å². The lowest BCUT2D eigenvalue weighted by Gasteiger charge is -2.16. The summed E-state index contributed by atoms with van der Waals surface area (Å²) >= 11 is 3.25. The van der Waals surface area contributed by atoms with Crippen molar-refractivity contribution in [1.29, 1.82) is 0 Å². The first-order chi connectivity index (χ1) is 10.2. The van der Waals surface area contributed by atoms with Crippen molar-refractivity contribution < 1.29 is 4.39 Å². The summed E-state index contributed by atoms with van der Waals surface area (Å²) in [5.41, 5.74) is 2.54. The Bertz CT molecular complexity index is 556. The van der Waals surface area contributed by atoms with E-state index < -0.39 is 0 Å². The van der Waals surface area contributed by atoms with Crippen LogP contribution in [0.3, 0.4) is 0 Å². The molecule has 1 nitrogen and oxygen atoms in total. The zero-order valence-electron chi connectivity index (χ0n) is 12.3. The van der Waals surface area contributed by atoms with Crippen LogP contribution in [0.5, 0.6) is 0 Å². The van der Waals surface area contributed by atoms with Crippen LogP contribution in [0.15, 0.2) is 53.0 Å². The van der Waals surface area contributed by atoms with Gasteiger partial charge in [0.1, 0.15) is 5.82 Å². The average molecular weight is 350 g/mol. The van der Waals surface area contributed by atoms with E-state index in [0.717, 1.165) is 31.2 Å². The summed E-state index contributed by atoms with van der Waals surface area (Å²) in [5.74, 6) is -0.205. The highest BCUT2D eigenvalue weighted by Crippen LogP contribution is 2.19. The van der Waals surface area contributed by atoms with Gasteiger partial charge in [-0.15, -0.1) is 0 Å². The molecule has 0 radical (unpaired) electrons. The van der Waals surface area contributed by atoms with Crippen LogP contribution in [-0.2, 0) is 12.8 Å². The molecule has 1 N–H and O–H groups in total. The van der Waals surface area contributed by atoms with E-state index in [1.54, 1.807) is 0 Å². The first kappa shape index (κ1) is 16.2. The Hall–Kier alpha value is -1.19. The fourth-order valence-corrected chi connectivity index (χ4v) is 2.92. The number of rotatable bonds is 7. The minimum Gasteiger partial charge on any atom is -0.317 e. The summed E-state index contributed by atoms with van der Waals surface area (Å²) in [4.78, 5) is 0. The third kappa shape index (κ3) is 5.25. The standard InChI is InChI=1S/C18H21BrFN/c1-21-16(9-5-8-14-6-3-2-4-7-14)12-15-10-11-18(20)17(19)13-15/h2-4,6-7,10-11,13,16,21H,5,8-9,12H2,1H3. The molecule has 0 aliphatic rings. The van der Waals surface area contributed by atoms with E-state index in [2.05, 4.69) is 45.5 Å². The zero-order valence-corrected chi connectivity index (χ0v) is 13.9. The molecule has 0 saturated heterocycles. The molecule has 0 aliphatic carbocycles. The Morgan fingerprint density at radius 1 is 1.10 bits per heavy atom. The second-order valence-corrected chi connectivity index (χ2v) is 6.17. The van der Waals surface area contributed by atoms with E-state index in [0.29, 0.717) is 10.5 Å². The van der Waals surface area contributed by atoms with Crippen molar-refractivity contribution in [3.05, 3.63) is 69.9 Å². The zero-order chi connectivity index (χ0) is 15.1. The first-order valence-corrected chi connectivity index (χ1v) is 8.13. The topological polar surface area (TPSA) is 12.0 Å². The van der Waals surface area contributed by atoms with Crippen LogP contribution in [0.25, 0.3) is 0 Å². The van der Waals surface area contributed by atoms with Gasteiger partial charge in [0.25, 0.3) is 0 Å². The Morgan fingerprint density at radius 2 is 1.86 bits per heavy atom. The molecule has 1 atom stereocenters.